The van der Waals surface area contributed by atoms with Gasteiger partial charge in [0.05, 0.1) is 53.4 Å². The Morgan fingerprint density at radius 3 is 2.27 bits per heavy atom. The summed E-state index contributed by atoms with van der Waals surface area (Å²) < 4.78 is 43.8. The molecule has 0 bridgehead atoms. The van der Waals surface area contributed by atoms with Crippen molar-refractivity contribution in [2.75, 3.05) is 30.4 Å². The molecule has 1 saturated heterocycles. The van der Waals surface area contributed by atoms with Gasteiger partial charge in [-0.3, -0.25) is 4.79 Å². The molecule has 0 unspecified atom stereocenters. The number of pyridine rings is 3. The van der Waals surface area contributed by atoms with E-state index < -0.39 is 20.0 Å². The highest BCUT2D eigenvalue weighted by Crippen LogP contribution is 2.39. The van der Waals surface area contributed by atoms with Crippen molar-refractivity contribution in [2.24, 2.45) is 0 Å². The molecule has 8 nitrogen and oxygen atoms in total. The van der Waals surface area contributed by atoms with Gasteiger partial charge >= 0.3 is 0 Å². The number of nitrogens with one attached hydrogen (secondary N) is 1. The number of ether oxygens (including phenoxy) is 1. The fraction of sp³-hybridized carbons (Fsp3) is 0.375. The first-order chi connectivity index (χ1) is 24.3. The number of rotatable bonds is 10. The van der Waals surface area contributed by atoms with Gasteiger partial charge in [-0.15, -0.1) is 0 Å². The summed E-state index contributed by atoms with van der Waals surface area (Å²) >= 11 is 0. The second kappa shape index (κ2) is 14.6. The Bertz CT molecular complexity index is 2050. The van der Waals surface area contributed by atoms with Gasteiger partial charge in [-0.1, -0.05) is 45.9 Å². The number of hydrogen-bond donors (Lipinski definition) is 1. The van der Waals surface area contributed by atoms with Crippen molar-refractivity contribution in [3.8, 4) is 17.0 Å². The lowest BCUT2D eigenvalue weighted by Gasteiger charge is -2.42. The van der Waals surface area contributed by atoms with Crippen LogP contribution >= 0.6 is 0 Å². The van der Waals surface area contributed by atoms with Gasteiger partial charge in [0.25, 0.3) is 5.56 Å². The summed E-state index contributed by atoms with van der Waals surface area (Å²) in [4.78, 5) is 26.0. The minimum atomic E-state index is -1.84. The summed E-state index contributed by atoms with van der Waals surface area (Å²) in [7, 11) is -0.233. The van der Waals surface area contributed by atoms with Crippen LogP contribution in [0, 0.1) is 11.6 Å². The van der Waals surface area contributed by atoms with Gasteiger partial charge < -0.3 is 23.9 Å². The molecule has 0 amide bonds. The molecule has 5 aromatic rings. The molecule has 4 heterocycles. The van der Waals surface area contributed by atoms with Crippen LogP contribution in [0.15, 0.2) is 77.9 Å². The quantitative estimate of drug-likeness (QED) is 0.145. The van der Waals surface area contributed by atoms with Crippen LogP contribution < -0.4 is 20.5 Å². The molecule has 0 aliphatic carbocycles. The number of hydrogen-bond acceptors (Lipinski definition) is 7. The van der Waals surface area contributed by atoms with Crippen LogP contribution in [0.1, 0.15) is 51.7 Å². The van der Waals surface area contributed by atoms with Gasteiger partial charge in [0.15, 0.2) is 8.32 Å². The number of nitrogens with zero attached hydrogens (tertiary/aromatic N) is 4. The molecular weight excluding hydrogens is 665 g/mol. The van der Waals surface area contributed by atoms with Gasteiger partial charge in [-0.05, 0) is 91.0 Å². The molecule has 1 aliphatic rings. The average Bonchev–Trinajstić information content (AvgIpc) is 3.09. The molecule has 6 rings (SSSR count). The molecule has 0 saturated carbocycles. The van der Waals surface area contributed by atoms with Crippen LogP contribution in [-0.2, 0) is 17.4 Å². The van der Waals surface area contributed by atoms with E-state index >= 15 is 8.78 Å². The van der Waals surface area contributed by atoms with Gasteiger partial charge in [0, 0.05) is 25.4 Å². The Morgan fingerprint density at radius 1 is 1.00 bits per heavy atom. The van der Waals surface area contributed by atoms with E-state index in [1.165, 1.54) is 24.3 Å². The van der Waals surface area contributed by atoms with Crippen LogP contribution in [0.5, 0.6) is 5.75 Å². The van der Waals surface area contributed by atoms with E-state index in [2.05, 4.69) is 44.1 Å². The van der Waals surface area contributed by atoms with Gasteiger partial charge in [0.2, 0.25) is 0 Å². The Hall–Kier alpha value is -4.61. The maximum absolute atomic E-state index is 15.1. The van der Waals surface area contributed by atoms with Gasteiger partial charge in [-0.2, -0.15) is 0 Å². The fourth-order valence-electron chi connectivity index (χ4n) is 6.33. The third kappa shape index (κ3) is 7.69. The first-order valence-corrected chi connectivity index (χ1v) is 20.5. The summed E-state index contributed by atoms with van der Waals surface area (Å²) in [5, 5.41) is 3.80. The summed E-state index contributed by atoms with van der Waals surface area (Å²) in [6.45, 7) is 15.4. The van der Waals surface area contributed by atoms with E-state index in [0.29, 0.717) is 35.4 Å². The second-order valence-electron chi connectivity index (χ2n) is 14.8. The standard InChI is InChI=1S/C40H47F2N5O3Si/c1-8-27-25-47(24-26-12-15-29(49-5)16-13-26)39(48)37-34(22-33(45-38(27)37)36-31(41)10-9-11-32(36)42)44-35-17-14-28(23-43-35)46-20-18-30(19-21-46)50-51(6,7)40(2,3)4/h9-17,22-23,25,30H,8,18-21,24H2,1-7H3,(H,43,44,45). The monoisotopic (exact) mass is 711 g/mol. The largest absolute Gasteiger partial charge is 0.497 e. The third-order valence-electron chi connectivity index (χ3n) is 10.3. The fourth-order valence-corrected chi connectivity index (χ4v) is 7.75. The number of halogens is 2. The summed E-state index contributed by atoms with van der Waals surface area (Å²) in [6, 6.07) is 16.7. The average molecular weight is 712 g/mol. The van der Waals surface area contributed by atoms with E-state index in [0.717, 1.165) is 48.5 Å². The van der Waals surface area contributed by atoms with E-state index in [4.69, 9.17) is 19.1 Å². The topological polar surface area (TPSA) is 81.5 Å². The maximum atomic E-state index is 15.1. The number of aryl methyl sites for hydroxylation is 1. The summed E-state index contributed by atoms with van der Waals surface area (Å²) in [5.41, 5.74) is 2.98. The minimum Gasteiger partial charge on any atom is -0.497 e. The van der Waals surface area contributed by atoms with Gasteiger partial charge in [0.1, 0.15) is 23.2 Å². The number of piperidine rings is 1. The molecule has 1 aliphatic heterocycles. The van der Waals surface area contributed by atoms with Crippen LogP contribution in [0.25, 0.3) is 22.2 Å². The zero-order valence-corrected chi connectivity index (χ0v) is 31.5. The molecule has 51 heavy (non-hydrogen) atoms. The summed E-state index contributed by atoms with van der Waals surface area (Å²) in [6.07, 6.45) is 6.30. The van der Waals surface area contributed by atoms with E-state index in [-0.39, 0.29) is 28.0 Å². The molecule has 2 aromatic carbocycles. The zero-order chi connectivity index (χ0) is 36.5. The van der Waals surface area contributed by atoms with E-state index in [1.807, 2.05) is 49.5 Å². The molecule has 11 heteroatoms. The number of aromatic nitrogens is 3. The number of benzene rings is 2. The lowest BCUT2D eigenvalue weighted by atomic mass is 10.0. The molecule has 0 radical (unpaired) electrons. The van der Waals surface area contributed by atoms with E-state index in [9.17, 15) is 4.79 Å². The predicted molar refractivity (Wildman–Crippen MR) is 204 cm³/mol. The highest BCUT2D eigenvalue weighted by molar-refractivity contribution is 6.74. The number of fused-ring (bicyclic) bond motifs is 1. The minimum absolute atomic E-state index is 0.0852. The number of anilines is 3. The predicted octanol–water partition coefficient (Wildman–Crippen LogP) is 9.09. The molecule has 268 valence electrons. The maximum Gasteiger partial charge on any atom is 0.262 e. The Kier molecular flexibility index (Phi) is 10.3. The van der Waals surface area contributed by atoms with Crippen LogP contribution in [0.4, 0.5) is 26.0 Å². The molecule has 3 aromatic heterocycles. The van der Waals surface area contributed by atoms with Gasteiger partial charge in [-0.25, -0.2) is 18.7 Å². The van der Waals surface area contributed by atoms with Crippen molar-refractivity contribution < 1.29 is 17.9 Å². The van der Waals surface area contributed by atoms with Crippen molar-refractivity contribution in [3.05, 3.63) is 106 Å². The third-order valence-corrected chi connectivity index (χ3v) is 14.8. The molecule has 0 atom stereocenters. The second-order valence-corrected chi connectivity index (χ2v) is 19.5. The molecular formula is C40H47F2N5O3Si. The lowest BCUT2D eigenvalue weighted by Crippen LogP contribution is -2.47. The first-order valence-electron chi connectivity index (χ1n) is 17.6. The van der Waals surface area contributed by atoms with Crippen molar-refractivity contribution >= 4 is 36.4 Å². The van der Waals surface area contributed by atoms with Crippen molar-refractivity contribution in [1.29, 1.82) is 0 Å². The molecule has 1 N–H and O–H groups in total. The van der Waals surface area contributed by atoms with Crippen LogP contribution in [0.3, 0.4) is 0 Å². The first kappa shape index (κ1) is 36.2. The Balaban J connectivity index is 1.33. The normalized spacial score (nSPS) is 14.3. The smallest absolute Gasteiger partial charge is 0.262 e. The van der Waals surface area contributed by atoms with Crippen molar-refractivity contribution in [1.82, 2.24) is 14.5 Å². The molecule has 1 fully saturated rings. The van der Waals surface area contributed by atoms with Crippen molar-refractivity contribution in [3.63, 3.8) is 0 Å². The van der Waals surface area contributed by atoms with Crippen LogP contribution in [0.2, 0.25) is 18.1 Å². The van der Waals surface area contributed by atoms with Crippen molar-refractivity contribution in [2.45, 2.75) is 77.7 Å². The summed E-state index contributed by atoms with van der Waals surface area (Å²) in [5.74, 6) is -0.259. The Morgan fingerprint density at radius 2 is 1.69 bits per heavy atom. The van der Waals surface area contributed by atoms with E-state index in [1.54, 1.807) is 17.9 Å². The highest BCUT2D eigenvalue weighted by Gasteiger charge is 2.39. The highest BCUT2D eigenvalue weighted by atomic mass is 28.4. The molecule has 0 spiro atoms. The lowest BCUT2D eigenvalue weighted by molar-refractivity contribution is 0.152. The number of methoxy groups -OCH3 is 1. The SMILES string of the molecule is CCc1cn(Cc2ccc(OC)cc2)c(=O)c2c(Nc3ccc(N4CCC(O[Si](C)(C)C(C)(C)C)CC4)cn3)cc(-c3c(F)cccc3F)nc12. The van der Waals surface area contributed by atoms with Crippen LogP contribution in [-0.4, -0.2) is 49.2 Å². The Labute approximate surface area is 299 Å². The zero-order valence-electron chi connectivity index (χ0n) is 30.5.